The molecule has 1 aromatic heterocycles. The zero-order valence-electron chi connectivity index (χ0n) is 17.8. The highest BCUT2D eigenvalue weighted by Crippen LogP contribution is 2.30. The van der Waals surface area contributed by atoms with Crippen LogP contribution in [0.2, 0.25) is 10.0 Å². The molecule has 4 rings (SSSR count). The topological polar surface area (TPSA) is 64.0 Å². The molecule has 5 nitrogen and oxygen atoms in total. The molecular formula is C24H23Cl2N3O2S. The third kappa shape index (κ3) is 4.69. The van der Waals surface area contributed by atoms with Gasteiger partial charge in [0.25, 0.3) is 0 Å². The first kappa shape index (κ1) is 22.8. The van der Waals surface area contributed by atoms with Crippen molar-refractivity contribution in [3.8, 4) is 5.69 Å². The third-order valence-electron chi connectivity index (χ3n) is 5.31. The second kappa shape index (κ2) is 9.24. The second-order valence-electron chi connectivity index (χ2n) is 7.60. The summed E-state index contributed by atoms with van der Waals surface area (Å²) in [7, 11) is -3.52. The molecule has 0 bridgehead atoms. The third-order valence-corrected chi connectivity index (χ3v) is 7.51. The van der Waals surface area contributed by atoms with Gasteiger partial charge in [-0.2, -0.15) is 0 Å². The van der Waals surface area contributed by atoms with E-state index in [0.717, 1.165) is 40.1 Å². The number of benzene rings is 3. The summed E-state index contributed by atoms with van der Waals surface area (Å²) >= 11 is 12.4. The number of hydrogen-bond acceptors (Lipinski definition) is 3. The average Bonchev–Trinajstić information content (AvgIpc) is 3.12. The summed E-state index contributed by atoms with van der Waals surface area (Å²) < 4.78 is 29.6. The Kier molecular flexibility index (Phi) is 6.58. The minimum atomic E-state index is -3.52. The number of hydrogen-bond donors (Lipinski definition) is 1. The first-order valence-corrected chi connectivity index (χ1v) is 12.5. The fourth-order valence-electron chi connectivity index (χ4n) is 3.59. The van der Waals surface area contributed by atoms with Crippen molar-refractivity contribution >= 4 is 44.3 Å². The molecule has 0 amide bonds. The van der Waals surface area contributed by atoms with Crippen LogP contribution in [0.15, 0.2) is 65.6 Å². The van der Waals surface area contributed by atoms with Gasteiger partial charge in [0, 0.05) is 18.7 Å². The molecule has 4 aromatic rings. The Balaban J connectivity index is 1.50. The highest BCUT2D eigenvalue weighted by molar-refractivity contribution is 7.89. The van der Waals surface area contributed by atoms with Gasteiger partial charge in [0.15, 0.2) is 0 Å². The molecule has 3 aromatic carbocycles. The van der Waals surface area contributed by atoms with Crippen LogP contribution in [0.25, 0.3) is 16.7 Å². The minimum Gasteiger partial charge on any atom is -0.296 e. The van der Waals surface area contributed by atoms with Gasteiger partial charge in [-0.25, -0.2) is 18.1 Å². The molecule has 32 heavy (non-hydrogen) atoms. The molecule has 0 aliphatic heterocycles. The lowest BCUT2D eigenvalue weighted by Crippen LogP contribution is -2.26. The number of rotatable bonds is 7. The van der Waals surface area contributed by atoms with Crippen LogP contribution in [0.3, 0.4) is 0 Å². The first-order chi connectivity index (χ1) is 15.3. The van der Waals surface area contributed by atoms with Gasteiger partial charge in [-0.1, -0.05) is 60.0 Å². The molecule has 166 valence electrons. The fraction of sp³-hybridized carbons (Fsp3) is 0.208. The van der Waals surface area contributed by atoms with Crippen LogP contribution in [0, 0.1) is 6.92 Å². The number of imidazole rings is 1. The SMILES string of the molecule is CCc1nc2cc(Cl)c(Cl)cc2n1-c1ccc(CCNS(=O)(=O)c2ccc(C)cc2)cc1. The number of nitrogens with zero attached hydrogens (tertiary/aromatic N) is 2. The van der Waals surface area contributed by atoms with Crippen molar-refractivity contribution in [1.29, 1.82) is 0 Å². The number of halogens is 2. The Bertz CT molecular complexity index is 1360. The number of fused-ring (bicyclic) bond motifs is 1. The van der Waals surface area contributed by atoms with Gasteiger partial charge >= 0.3 is 0 Å². The molecule has 0 aliphatic carbocycles. The van der Waals surface area contributed by atoms with Gasteiger partial charge in [0.2, 0.25) is 10.0 Å². The molecule has 0 saturated heterocycles. The van der Waals surface area contributed by atoms with Crippen molar-refractivity contribution in [2.45, 2.75) is 31.6 Å². The van der Waals surface area contributed by atoms with E-state index < -0.39 is 10.0 Å². The Hall–Kier alpha value is -2.38. The van der Waals surface area contributed by atoms with E-state index in [1.165, 1.54) is 0 Å². The van der Waals surface area contributed by atoms with Crippen LogP contribution in [0.5, 0.6) is 0 Å². The van der Waals surface area contributed by atoms with Gasteiger partial charge in [-0.15, -0.1) is 0 Å². The number of aryl methyl sites for hydroxylation is 2. The Labute approximate surface area is 198 Å². The van der Waals surface area contributed by atoms with Crippen molar-refractivity contribution in [3.63, 3.8) is 0 Å². The second-order valence-corrected chi connectivity index (χ2v) is 10.2. The van der Waals surface area contributed by atoms with E-state index in [4.69, 9.17) is 23.2 Å². The van der Waals surface area contributed by atoms with Crippen LogP contribution < -0.4 is 4.72 Å². The van der Waals surface area contributed by atoms with E-state index in [2.05, 4.69) is 21.2 Å². The fourth-order valence-corrected chi connectivity index (χ4v) is 4.94. The van der Waals surface area contributed by atoms with Gasteiger partial charge in [-0.3, -0.25) is 4.57 Å². The number of sulfonamides is 1. The Morgan fingerprint density at radius 1 is 0.969 bits per heavy atom. The summed E-state index contributed by atoms with van der Waals surface area (Å²) in [6.45, 7) is 4.29. The normalized spacial score (nSPS) is 11.9. The van der Waals surface area contributed by atoms with E-state index in [1.54, 1.807) is 30.3 Å². The molecule has 0 unspecified atom stereocenters. The Morgan fingerprint density at radius 3 is 2.28 bits per heavy atom. The van der Waals surface area contributed by atoms with E-state index in [-0.39, 0.29) is 4.90 Å². The van der Waals surface area contributed by atoms with Crippen LogP contribution >= 0.6 is 23.2 Å². The Morgan fingerprint density at radius 2 is 1.62 bits per heavy atom. The largest absolute Gasteiger partial charge is 0.296 e. The van der Waals surface area contributed by atoms with Crippen molar-refractivity contribution in [2.75, 3.05) is 6.54 Å². The predicted molar refractivity (Wildman–Crippen MR) is 131 cm³/mol. The highest BCUT2D eigenvalue weighted by atomic mass is 35.5. The number of nitrogens with one attached hydrogen (secondary N) is 1. The quantitative estimate of drug-likeness (QED) is 0.362. The molecular weight excluding hydrogens is 465 g/mol. The maximum Gasteiger partial charge on any atom is 0.240 e. The van der Waals surface area contributed by atoms with Gasteiger partial charge in [0.05, 0.1) is 26.0 Å². The summed E-state index contributed by atoms with van der Waals surface area (Å²) in [5.41, 5.74) is 4.71. The maximum absolute atomic E-state index is 12.4. The van der Waals surface area contributed by atoms with Crippen molar-refractivity contribution in [3.05, 3.63) is 87.7 Å². The smallest absolute Gasteiger partial charge is 0.240 e. The van der Waals surface area contributed by atoms with E-state index in [0.29, 0.717) is 23.0 Å². The summed E-state index contributed by atoms with van der Waals surface area (Å²) in [4.78, 5) is 4.96. The lowest BCUT2D eigenvalue weighted by atomic mass is 10.1. The van der Waals surface area contributed by atoms with E-state index >= 15 is 0 Å². The van der Waals surface area contributed by atoms with Crippen LogP contribution in [-0.2, 0) is 22.9 Å². The molecule has 1 N–H and O–H groups in total. The van der Waals surface area contributed by atoms with Gasteiger partial charge in [0.1, 0.15) is 5.82 Å². The zero-order valence-corrected chi connectivity index (χ0v) is 20.1. The van der Waals surface area contributed by atoms with Crippen LogP contribution in [0.4, 0.5) is 0 Å². The minimum absolute atomic E-state index is 0.274. The molecule has 0 saturated carbocycles. The molecule has 8 heteroatoms. The van der Waals surface area contributed by atoms with Crippen molar-refractivity contribution in [2.24, 2.45) is 0 Å². The summed E-state index contributed by atoms with van der Waals surface area (Å²) in [6, 6.07) is 18.4. The van der Waals surface area contributed by atoms with Crippen LogP contribution in [0.1, 0.15) is 23.9 Å². The molecule has 0 aliphatic rings. The van der Waals surface area contributed by atoms with E-state index in [1.807, 2.05) is 37.3 Å². The predicted octanol–water partition coefficient (Wildman–Crippen LogP) is 5.72. The molecule has 1 heterocycles. The van der Waals surface area contributed by atoms with Gasteiger partial charge < -0.3 is 0 Å². The monoisotopic (exact) mass is 487 g/mol. The first-order valence-electron chi connectivity index (χ1n) is 10.3. The average molecular weight is 488 g/mol. The highest BCUT2D eigenvalue weighted by Gasteiger charge is 2.15. The van der Waals surface area contributed by atoms with Crippen molar-refractivity contribution < 1.29 is 8.42 Å². The van der Waals surface area contributed by atoms with Crippen molar-refractivity contribution in [1.82, 2.24) is 14.3 Å². The molecule has 0 spiro atoms. The lowest BCUT2D eigenvalue weighted by Gasteiger charge is -2.11. The molecule has 0 fully saturated rings. The van der Waals surface area contributed by atoms with Gasteiger partial charge in [-0.05, 0) is 55.3 Å². The van der Waals surface area contributed by atoms with Crippen LogP contribution in [-0.4, -0.2) is 24.5 Å². The summed E-state index contributed by atoms with van der Waals surface area (Å²) in [6.07, 6.45) is 1.34. The summed E-state index contributed by atoms with van der Waals surface area (Å²) in [5, 5.41) is 0.968. The lowest BCUT2D eigenvalue weighted by molar-refractivity contribution is 0.581. The zero-order chi connectivity index (χ0) is 22.9. The number of aromatic nitrogens is 2. The summed E-state index contributed by atoms with van der Waals surface area (Å²) in [5.74, 6) is 0.914. The van der Waals surface area contributed by atoms with E-state index in [9.17, 15) is 8.42 Å². The standard InChI is InChI=1S/C24H23Cl2N3O2S/c1-3-24-28-22-14-20(25)21(26)15-23(22)29(24)18-8-6-17(7-9-18)12-13-27-32(30,31)19-10-4-16(2)5-11-19/h4-11,14-15,27H,3,12-13H2,1-2H3. The molecule has 0 radical (unpaired) electrons. The maximum atomic E-state index is 12.4. The molecule has 0 atom stereocenters.